The van der Waals surface area contributed by atoms with E-state index in [1.54, 1.807) is 30.0 Å². The van der Waals surface area contributed by atoms with Crippen LogP contribution >= 0.6 is 23.2 Å². The average molecular weight is 464 g/mol. The van der Waals surface area contributed by atoms with Gasteiger partial charge in [0.15, 0.2) is 0 Å². The van der Waals surface area contributed by atoms with Gasteiger partial charge in [-0.25, -0.2) is 0 Å². The van der Waals surface area contributed by atoms with Crippen LogP contribution in [-0.4, -0.2) is 39.6 Å². The molecule has 0 bridgehead atoms. The monoisotopic (exact) mass is 463 g/mol. The van der Waals surface area contributed by atoms with Crippen LogP contribution in [0.5, 0.6) is 0 Å². The van der Waals surface area contributed by atoms with Crippen LogP contribution in [0.1, 0.15) is 56.2 Å². The van der Waals surface area contributed by atoms with E-state index in [4.69, 9.17) is 23.2 Å². The van der Waals surface area contributed by atoms with E-state index >= 15 is 0 Å². The van der Waals surface area contributed by atoms with Gasteiger partial charge < -0.3 is 15.1 Å². The molecular formula is C24H27Cl2NO4. The Morgan fingerprint density at radius 2 is 1.84 bits per heavy atom. The number of benzene rings is 2. The Kier molecular flexibility index (Phi) is 7.30. The molecule has 31 heavy (non-hydrogen) atoms. The first-order valence-corrected chi connectivity index (χ1v) is 11.1. The van der Waals surface area contributed by atoms with E-state index in [0.29, 0.717) is 22.9 Å². The molecule has 0 spiro atoms. The molecule has 0 saturated carbocycles. The van der Waals surface area contributed by atoms with Crippen LogP contribution in [-0.2, 0) is 9.59 Å². The van der Waals surface area contributed by atoms with Gasteiger partial charge in [0, 0.05) is 16.0 Å². The lowest BCUT2D eigenvalue weighted by Crippen LogP contribution is -2.56. The number of halogens is 2. The van der Waals surface area contributed by atoms with Gasteiger partial charge in [-0.05, 0) is 48.2 Å². The molecule has 1 amide bonds. The van der Waals surface area contributed by atoms with Crippen molar-refractivity contribution in [3.63, 3.8) is 0 Å². The lowest BCUT2D eigenvalue weighted by Gasteiger charge is -2.51. The van der Waals surface area contributed by atoms with Crippen molar-refractivity contribution in [1.29, 1.82) is 0 Å². The Bertz CT molecular complexity index is 945. The lowest BCUT2D eigenvalue weighted by atomic mass is 9.67. The average Bonchev–Trinajstić information content (AvgIpc) is 2.72. The first-order chi connectivity index (χ1) is 14.7. The highest BCUT2D eigenvalue weighted by Gasteiger charge is 2.52. The number of carboxylic acid groups (broad SMARTS) is 1. The van der Waals surface area contributed by atoms with E-state index < -0.39 is 17.4 Å². The maximum atomic E-state index is 13.7. The second-order valence-electron chi connectivity index (χ2n) is 8.45. The molecule has 2 aromatic rings. The van der Waals surface area contributed by atoms with E-state index in [1.807, 2.05) is 37.3 Å². The zero-order chi connectivity index (χ0) is 22.8. The predicted octanol–water partition coefficient (Wildman–Crippen LogP) is 5.30. The number of hydrogen-bond donors (Lipinski definition) is 2. The van der Waals surface area contributed by atoms with Crippen molar-refractivity contribution in [2.45, 2.75) is 51.1 Å². The number of carbonyl (C=O) groups excluding carboxylic acids is 1. The highest BCUT2D eigenvalue weighted by Crippen LogP contribution is 2.52. The third-order valence-corrected chi connectivity index (χ3v) is 6.69. The van der Waals surface area contributed by atoms with Crippen molar-refractivity contribution >= 4 is 35.1 Å². The zero-order valence-corrected chi connectivity index (χ0v) is 19.1. The van der Waals surface area contributed by atoms with Gasteiger partial charge in [-0.3, -0.25) is 9.59 Å². The number of rotatable bonds is 7. The molecule has 0 radical (unpaired) electrons. The quantitative estimate of drug-likeness (QED) is 0.583. The van der Waals surface area contributed by atoms with Crippen LogP contribution in [0.3, 0.4) is 0 Å². The zero-order valence-electron chi connectivity index (χ0n) is 17.6. The van der Waals surface area contributed by atoms with Gasteiger partial charge in [-0.1, -0.05) is 61.3 Å². The number of hydrogen-bond acceptors (Lipinski definition) is 3. The van der Waals surface area contributed by atoms with Crippen molar-refractivity contribution in [2.24, 2.45) is 5.41 Å². The van der Waals surface area contributed by atoms with Gasteiger partial charge in [0.25, 0.3) is 0 Å². The normalized spacial score (nSPS) is 24.8. The fourth-order valence-corrected chi connectivity index (χ4v) is 5.02. The number of aliphatic hydroxyl groups excluding tert-OH is 1. The minimum atomic E-state index is -1.11. The van der Waals surface area contributed by atoms with E-state index in [0.717, 1.165) is 11.1 Å². The minimum absolute atomic E-state index is 0.206. The highest BCUT2D eigenvalue weighted by atomic mass is 35.5. The number of nitrogens with zero attached hydrogens (tertiary/aromatic N) is 1. The topological polar surface area (TPSA) is 77.8 Å². The third kappa shape index (κ3) is 4.89. The summed E-state index contributed by atoms with van der Waals surface area (Å²) in [7, 11) is 0. The second-order valence-corrected chi connectivity index (χ2v) is 9.32. The number of likely N-dealkylation sites (tertiary alicyclic amines) is 1. The number of carboxylic acids is 1. The summed E-state index contributed by atoms with van der Waals surface area (Å²) in [5.74, 6) is -1.49. The summed E-state index contributed by atoms with van der Waals surface area (Å²) in [5, 5.41) is 20.8. The molecular weight excluding hydrogens is 437 g/mol. The summed E-state index contributed by atoms with van der Waals surface area (Å²) < 4.78 is 0. The van der Waals surface area contributed by atoms with Crippen molar-refractivity contribution in [3.05, 3.63) is 69.7 Å². The fraction of sp³-hybridized carbons (Fsp3) is 0.417. The Balaban J connectivity index is 2.22. The summed E-state index contributed by atoms with van der Waals surface area (Å²) in [5.41, 5.74) is 0.700. The molecule has 4 atom stereocenters. The molecule has 166 valence electrons. The molecule has 0 aliphatic carbocycles. The van der Waals surface area contributed by atoms with Gasteiger partial charge in [-0.2, -0.15) is 0 Å². The summed E-state index contributed by atoms with van der Waals surface area (Å²) in [4.78, 5) is 27.1. The van der Waals surface area contributed by atoms with E-state index in [1.165, 1.54) is 0 Å². The van der Waals surface area contributed by atoms with Gasteiger partial charge in [0.1, 0.15) is 0 Å². The SMILES string of the molecule is CC[C@@H](CO)N1C(=O)[C@@](C)(CC(=O)O)CC(c2cccc(Cl)c2)[C@H]1c1ccc(Cl)cc1. The van der Waals surface area contributed by atoms with Crippen LogP contribution in [0.4, 0.5) is 0 Å². The van der Waals surface area contributed by atoms with E-state index in [-0.39, 0.29) is 30.9 Å². The Morgan fingerprint density at radius 3 is 2.39 bits per heavy atom. The predicted molar refractivity (Wildman–Crippen MR) is 121 cm³/mol. The number of piperidine rings is 1. The summed E-state index contributed by atoms with van der Waals surface area (Å²) in [6.07, 6.45) is 0.608. The van der Waals surface area contributed by atoms with Crippen LogP contribution in [0.2, 0.25) is 10.0 Å². The highest BCUT2D eigenvalue weighted by molar-refractivity contribution is 6.30. The molecule has 1 aliphatic heterocycles. The Hall–Kier alpha value is -2.08. The van der Waals surface area contributed by atoms with Crippen molar-refractivity contribution < 1.29 is 19.8 Å². The van der Waals surface area contributed by atoms with Gasteiger partial charge >= 0.3 is 5.97 Å². The van der Waals surface area contributed by atoms with Crippen LogP contribution in [0.15, 0.2) is 48.5 Å². The van der Waals surface area contributed by atoms with Gasteiger partial charge in [0.05, 0.1) is 30.5 Å². The molecule has 1 saturated heterocycles. The van der Waals surface area contributed by atoms with Crippen molar-refractivity contribution in [1.82, 2.24) is 4.90 Å². The second kappa shape index (κ2) is 9.60. The maximum Gasteiger partial charge on any atom is 0.304 e. The van der Waals surface area contributed by atoms with Crippen LogP contribution in [0, 0.1) is 5.41 Å². The molecule has 0 aromatic heterocycles. The third-order valence-electron chi connectivity index (χ3n) is 6.21. The minimum Gasteiger partial charge on any atom is -0.481 e. The molecule has 1 aliphatic rings. The lowest BCUT2D eigenvalue weighted by molar-refractivity contribution is -0.161. The number of amides is 1. The first kappa shape index (κ1) is 23.6. The van der Waals surface area contributed by atoms with Gasteiger partial charge in [0.2, 0.25) is 5.91 Å². The van der Waals surface area contributed by atoms with Crippen molar-refractivity contribution in [2.75, 3.05) is 6.61 Å². The Labute approximate surface area is 192 Å². The smallest absolute Gasteiger partial charge is 0.304 e. The molecule has 7 heteroatoms. The van der Waals surface area contributed by atoms with Crippen LogP contribution in [0.25, 0.3) is 0 Å². The fourth-order valence-electron chi connectivity index (χ4n) is 4.69. The van der Waals surface area contributed by atoms with E-state index in [9.17, 15) is 19.8 Å². The Morgan fingerprint density at radius 1 is 1.16 bits per heavy atom. The largest absolute Gasteiger partial charge is 0.481 e. The van der Waals surface area contributed by atoms with Crippen LogP contribution < -0.4 is 0 Å². The molecule has 2 aromatic carbocycles. The standard InChI is InChI=1S/C24H27Cl2NO4/c1-3-19(14-28)27-22(15-7-9-17(25)10-8-15)20(16-5-4-6-18(26)11-16)12-24(2,23(27)31)13-21(29)30/h4-11,19-20,22,28H,3,12-14H2,1-2H3,(H,29,30)/t19-,20?,22+,24+/m0/s1. The molecule has 1 fully saturated rings. The number of aliphatic hydroxyl groups is 1. The number of carbonyl (C=O) groups is 2. The van der Waals surface area contributed by atoms with Gasteiger partial charge in [-0.15, -0.1) is 0 Å². The molecule has 2 N–H and O–H groups in total. The maximum absolute atomic E-state index is 13.7. The number of aliphatic carboxylic acids is 1. The van der Waals surface area contributed by atoms with E-state index in [2.05, 4.69) is 0 Å². The summed E-state index contributed by atoms with van der Waals surface area (Å²) in [6, 6.07) is 14.0. The molecule has 1 heterocycles. The summed E-state index contributed by atoms with van der Waals surface area (Å²) >= 11 is 12.4. The summed E-state index contributed by atoms with van der Waals surface area (Å²) in [6.45, 7) is 3.40. The molecule has 3 rings (SSSR count). The van der Waals surface area contributed by atoms with Crippen molar-refractivity contribution in [3.8, 4) is 0 Å². The molecule has 1 unspecified atom stereocenters. The molecule has 5 nitrogen and oxygen atoms in total. The first-order valence-electron chi connectivity index (χ1n) is 10.4.